The Morgan fingerprint density at radius 2 is 2.00 bits per heavy atom. The lowest BCUT2D eigenvalue weighted by Crippen LogP contribution is -2.39. The van der Waals surface area contributed by atoms with E-state index in [1.54, 1.807) is 7.11 Å². The van der Waals surface area contributed by atoms with Crippen molar-refractivity contribution in [2.75, 3.05) is 26.8 Å². The Kier molecular flexibility index (Phi) is 10.1. The van der Waals surface area contributed by atoms with Crippen LogP contribution in [0.25, 0.3) is 0 Å². The zero-order valence-corrected chi connectivity index (χ0v) is 17.3. The number of nitrogens with zero attached hydrogens (tertiary/aromatic N) is 1. The molecular formula is C21H37N3O2. The van der Waals surface area contributed by atoms with Gasteiger partial charge in [0.2, 0.25) is 0 Å². The number of rotatable bonds is 10. The minimum absolute atomic E-state index is 0.0732. The topological polar surface area (TPSA) is 65.9 Å². The Morgan fingerprint density at radius 3 is 2.58 bits per heavy atom. The summed E-state index contributed by atoms with van der Waals surface area (Å²) < 4.78 is 5.51. The summed E-state index contributed by atoms with van der Waals surface area (Å²) in [6.45, 7) is 12.4. The Hall–Kier alpha value is -1.75. The minimum Gasteiger partial charge on any atom is -0.496 e. The average molecular weight is 364 g/mol. The number of aryl methyl sites for hydroxylation is 1. The van der Waals surface area contributed by atoms with Crippen LogP contribution in [0.15, 0.2) is 23.2 Å². The fraction of sp³-hybridized carbons (Fsp3) is 0.667. The molecule has 0 aliphatic carbocycles. The normalized spacial score (nSPS) is 14.2. The molecule has 0 bridgehead atoms. The van der Waals surface area contributed by atoms with Crippen molar-refractivity contribution in [2.45, 2.75) is 53.5 Å². The number of aliphatic hydroxyl groups is 1. The molecule has 1 aromatic carbocycles. The molecule has 0 amide bonds. The quantitative estimate of drug-likeness (QED) is 0.438. The molecule has 0 saturated carbocycles. The molecule has 148 valence electrons. The Balaban J connectivity index is 2.87. The summed E-state index contributed by atoms with van der Waals surface area (Å²) >= 11 is 0. The maximum absolute atomic E-state index is 9.30. The van der Waals surface area contributed by atoms with Gasteiger partial charge in [0.25, 0.3) is 0 Å². The van der Waals surface area contributed by atoms with Crippen LogP contribution in [0.3, 0.4) is 0 Å². The molecule has 0 spiro atoms. The Labute approximate surface area is 159 Å². The second-order valence-corrected chi connectivity index (χ2v) is 7.34. The summed E-state index contributed by atoms with van der Waals surface area (Å²) in [6, 6.07) is 6.28. The van der Waals surface area contributed by atoms with Gasteiger partial charge < -0.3 is 20.5 Å². The first-order chi connectivity index (χ1) is 12.4. The second-order valence-electron chi connectivity index (χ2n) is 7.34. The predicted molar refractivity (Wildman–Crippen MR) is 110 cm³/mol. The van der Waals surface area contributed by atoms with Gasteiger partial charge in [0.15, 0.2) is 5.96 Å². The van der Waals surface area contributed by atoms with Crippen LogP contribution in [-0.2, 0) is 0 Å². The number of aliphatic hydroxyl groups excluding tert-OH is 1. The smallest absolute Gasteiger partial charge is 0.191 e. The highest BCUT2D eigenvalue weighted by Crippen LogP contribution is 2.26. The molecule has 0 fully saturated rings. The molecular weight excluding hydrogens is 326 g/mol. The SMILES string of the molecule is CCNC(=NCC(CCO)CC(C)C)NC(C)c1cc(C)ccc1OC. The van der Waals surface area contributed by atoms with Crippen LogP contribution in [0.2, 0.25) is 0 Å². The molecule has 2 unspecified atom stereocenters. The zero-order chi connectivity index (χ0) is 19.5. The summed E-state index contributed by atoms with van der Waals surface area (Å²) in [5.74, 6) is 2.69. The van der Waals surface area contributed by atoms with Crippen LogP contribution in [0.5, 0.6) is 5.75 Å². The molecule has 1 rings (SSSR count). The van der Waals surface area contributed by atoms with E-state index in [1.165, 1.54) is 5.56 Å². The van der Waals surface area contributed by atoms with E-state index in [2.05, 4.69) is 57.4 Å². The number of hydrogen-bond acceptors (Lipinski definition) is 3. The van der Waals surface area contributed by atoms with E-state index in [0.29, 0.717) is 18.4 Å². The minimum atomic E-state index is 0.0732. The average Bonchev–Trinajstić information content (AvgIpc) is 2.59. The van der Waals surface area contributed by atoms with Crippen molar-refractivity contribution in [3.05, 3.63) is 29.3 Å². The summed E-state index contributed by atoms with van der Waals surface area (Å²) in [5, 5.41) is 16.1. The number of nitrogens with one attached hydrogen (secondary N) is 2. The Bertz CT molecular complexity index is 558. The fourth-order valence-electron chi connectivity index (χ4n) is 3.15. The van der Waals surface area contributed by atoms with E-state index in [0.717, 1.165) is 36.7 Å². The van der Waals surface area contributed by atoms with Crippen LogP contribution in [0, 0.1) is 18.8 Å². The van der Waals surface area contributed by atoms with E-state index < -0.39 is 0 Å². The molecule has 26 heavy (non-hydrogen) atoms. The van der Waals surface area contributed by atoms with E-state index >= 15 is 0 Å². The number of aliphatic imine (C=N–C) groups is 1. The van der Waals surface area contributed by atoms with Crippen molar-refractivity contribution in [2.24, 2.45) is 16.8 Å². The van der Waals surface area contributed by atoms with Gasteiger partial charge >= 0.3 is 0 Å². The van der Waals surface area contributed by atoms with Crippen molar-refractivity contribution in [3.63, 3.8) is 0 Å². The highest BCUT2D eigenvalue weighted by molar-refractivity contribution is 5.80. The van der Waals surface area contributed by atoms with Crippen molar-refractivity contribution in [1.29, 1.82) is 0 Å². The molecule has 0 aromatic heterocycles. The van der Waals surface area contributed by atoms with Gasteiger partial charge in [0, 0.05) is 25.3 Å². The lowest BCUT2D eigenvalue weighted by atomic mass is 9.94. The molecule has 0 aliphatic heterocycles. The van der Waals surface area contributed by atoms with E-state index in [-0.39, 0.29) is 12.6 Å². The number of benzene rings is 1. The third-order valence-electron chi connectivity index (χ3n) is 4.40. The van der Waals surface area contributed by atoms with Gasteiger partial charge in [0.1, 0.15) is 5.75 Å². The molecule has 0 radical (unpaired) electrons. The Morgan fingerprint density at radius 1 is 1.27 bits per heavy atom. The summed E-state index contributed by atoms with van der Waals surface area (Å²) in [6.07, 6.45) is 1.87. The van der Waals surface area contributed by atoms with Crippen LogP contribution < -0.4 is 15.4 Å². The predicted octanol–water partition coefficient (Wildman–Crippen LogP) is 3.66. The van der Waals surface area contributed by atoms with Gasteiger partial charge in [-0.25, -0.2) is 0 Å². The molecule has 0 saturated heterocycles. The third kappa shape index (κ3) is 7.65. The molecule has 5 nitrogen and oxygen atoms in total. The zero-order valence-electron chi connectivity index (χ0n) is 17.3. The van der Waals surface area contributed by atoms with Crippen molar-refractivity contribution in [1.82, 2.24) is 10.6 Å². The van der Waals surface area contributed by atoms with Crippen molar-refractivity contribution >= 4 is 5.96 Å². The molecule has 0 aliphatic rings. The van der Waals surface area contributed by atoms with Gasteiger partial charge in [-0.15, -0.1) is 0 Å². The van der Waals surface area contributed by atoms with Crippen molar-refractivity contribution in [3.8, 4) is 5.75 Å². The van der Waals surface area contributed by atoms with Gasteiger partial charge in [0.05, 0.1) is 13.2 Å². The number of guanidine groups is 1. The molecule has 3 N–H and O–H groups in total. The summed E-state index contributed by atoms with van der Waals surface area (Å²) in [5.41, 5.74) is 2.32. The molecule has 5 heteroatoms. The van der Waals surface area contributed by atoms with Crippen LogP contribution in [-0.4, -0.2) is 37.9 Å². The van der Waals surface area contributed by atoms with E-state index in [4.69, 9.17) is 9.73 Å². The molecule has 2 atom stereocenters. The third-order valence-corrected chi connectivity index (χ3v) is 4.40. The van der Waals surface area contributed by atoms with E-state index in [9.17, 15) is 5.11 Å². The van der Waals surface area contributed by atoms with Gasteiger partial charge in [-0.05, 0) is 51.5 Å². The molecule has 1 aromatic rings. The maximum Gasteiger partial charge on any atom is 0.191 e. The summed E-state index contributed by atoms with van der Waals surface area (Å²) in [4.78, 5) is 4.77. The summed E-state index contributed by atoms with van der Waals surface area (Å²) in [7, 11) is 1.70. The number of ether oxygens (including phenoxy) is 1. The molecule has 0 heterocycles. The standard InChI is InChI=1S/C21H37N3O2/c1-7-22-21(23-14-18(10-11-25)12-15(2)3)24-17(5)19-13-16(4)8-9-20(19)26-6/h8-9,13,15,17-18,25H,7,10-12,14H2,1-6H3,(H2,22,23,24). The highest BCUT2D eigenvalue weighted by atomic mass is 16.5. The fourth-order valence-corrected chi connectivity index (χ4v) is 3.15. The van der Waals surface area contributed by atoms with Gasteiger partial charge in [-0.1, -0.05) is 31.5 Å². The first kappa shape index (κ1) is 22.3. The van der Waals surface area contributed by atoms with Crippen molar-refractivity contribution < 1.29 is 9.84 Å². The highest BCUT2D eigenvalue weighted by Gasteiger charge is 2.15. The first-order valence-corrected chi connectivity index (χ1v) is 9.71. The first-order valence-electron chi connectivity index (χ1n) is 9.71. The lowest BCUT2D eigenvalue weighted by Gasteiger charge is -2.22. The van der Waals surface area contributed by atoms with E-state index in [1.807, 2.05) is 6.07 Å². The van der Waals surface area contributed by atoms with Gasteiger partial charge in [-0.2, -0.15) is 0 Å². The number of methoxy groups -OCH3 is 1. The van der Waals surface area contributed by atoms with Gasteiger partial charge in [-0.3, -0.25) is 4.99 Å². The van der Waals surface area contributed by atoms with Crippen LogP contribution in [0.4, 0.5) is 0 Å². The van der Waals surface area contributed by atoms with Crippen LogP contribution >= 0.6 is 0 Å². The monoisotopic (exact) mass is 363 g/mol. The second kappa shape index (κ2) is 11.8. The largest absolute Gasteiger partial charge is 0.496 e. The lowest BCUT2D eigenvalue weighted by molar-refractivity contribution is 0.245. The van der Waals surface area contributed by atoms with Crippen LogP contribution in [0.1, 0.15) is 57.7 Å². The maximum atomic E-state index is 9.30. The number of hydrogen-bond donors (Lipinski definition) is 3.